The van der Waals surface area contributed by atoms with Crippen LogP contribution in [0.1, 0.15) is 36.5 Å². The van der Waals surface area contributed by atoms with Gasteiger partial charge in [0.25, 0.3) is 0 Å². The van der Waals surface area contributed by atoms with Gasteiger partial charge in [-0.2, -0.15) is 0 Å². The Balaban J connectivity index is 1.57. The summed E-state index contributed by atoms with van der Waals surface area (Å²) in [6.45, 7) is 4.44. The van der Waals surface area contributed by atoms with Crippen LogP contribution in [0.15, 0.2) is 79.3 Å². The van der Waals surface area contributed by atoms with Gasteiger partial charge in [-0.25, -0.2) is 4.98 Å². The summed E-state index contributed by atoms with van der Waals surface area (Å²) in [5, 5.41) is 1.29. The zero-order chi connectivity index (χ0) is 19.1. The lowest BCUT2D eigenvalue weighted by molar-refractivity contribution is 0.924. The Kier molecular flexibility index (Phi) is 4.01. The van der Waals surface area contributed by atoms with E-state index in [1.807, 2.05) is 6.33 Å². The predicted molar refractivity (Wildman–Crippen MR) is 116 cm³/mol. The number of nitrogens with one attached hydrogen (secondary N) is 1. The summed E-state index contributed by atoms with van der Waals surface area (Å²) in [6.07, 6.45) is 5.06. The van der Waals surface area contributed by atoms with E-state index in [0.29, 0.717) is 5.92 Å². The molecule has 5 rings (SSSR count). The van der Waals surface area contributed by atoms with Crippen molar-refractivity contribution in [2.24, 2.45) is 0 Å². The van der Waals surface area contributed by atoms with Crippen molar-refractivity contribution in [1.82, 2.24) is 14.5 Å². The van der Waals surface area contributed by atoms with Gasteiger partial charge in [-0.05, 0) is 53.4 Å². The lowest BCUT2D eigenvalue weighted by Crippen LogP contribution is -1.96. The number of aromatic amines is 1. The van der Waals surface area contributed by atoms with Crippen LogP contribution < -0.4 is 0 Å². The summed E-state index contributed by atoms with van der Waals surface area (Å²) in [5.74, 6) is 0.346. The summed E-state index contributed by atoms with van der Waals surface area (Å²) in [4.78, 5) is 8.06. The van der Waals surface area contributed by atoms with Crippen LogP contribution in [0.3, 0.4) is 0 Å². The van der Waals surface area contributed by atoms with Crippen molar-refractivity contribution in [2.45, 2.75) is 26.2 Å². The average Bonchev–Trinajstić information content (AvgIpc) is 3.36. The van der Waals surface area contributed by atoms with Crippen molar-refractivity contribution in [1.29, 1.82) is 0 Å². The molecule has 3 aromatic carbocycles. The largest absolute Gasteiger partial charge is 0.361 e. The number of fused-ring (bicyclic) bond motifs is 2. The summed E-state index contributed by atoms with van der Waals surface area (Å²) < 4.78 is 2.18. The van der Waals surface area contributed by atoms with Crippen molar-refractivity contribution < 1.29 is 0 Å². The molecule has 0 radical (unpaired) electrons. The molecule has 0 amide bonds. The molecule has 138 valence electrons. The smallest absolute Gasteiger partial charge is 0.100 e. The van der Waals surface area contributed by atoms with Crippen LogP contribution in [-0.2, 0) is 6.42 Å². The third-order valence-electron chi connectivity index (χ3n) is 5.78. The van der Waals surface area contributed by atoms with Crippen molar-refractivity contribution in [3.05, 3.63) is 95.9 Å². The van der Waals surface area contributed by atoms with Gasteiger partial charge in [0.15, 0.2) is 0 Å². The lowest BCUT2D eigenvalue weighted by atomic mass is 9.93. The molecule has 3 heteroatoms. The van der Waals surface area contributed by atoms with Crippen LogP contribution in [0, 0.1) is 0 Å². The number of H-pyrrole nitrogens is 1. The minimum atomic E-state index is 0.346. The van der Waals surface area contributed by atoms with Gasteiger partial charge in [0.1, 0.15) is 6.33 Å². The normalized spacial score (nSPS) is 12.6. The number of aromatic nitrogens is 3. The van der Waals surface area contributed by atoms with E-state index in [4.69, 9.17) is 4.98 Å². The maximum atomic E-state index is 4.70. The highest BCUT2D eigenvalue weighted by Crippen LogP contribution is 2.29. The molecule has 2 heterocycles. The minimum absolute atomic E-state index is 0.346. The minimum Gasteiger partial charge on any atom is -0.361 e. The Morgan fingerprint density at radius 3 is 2.64 bits per heavy atom. The Morgan fingerprint density at radius 2 is 1.82 bits per heavy atom. The number of hydrogen-bond acceptors (Lipinski definition) is 1. The molecule has 1 N–H and O–H groups in total. The highest BCUT2D eigenvalue weighted by Gasteiger charge is 2.12. The van der Waals surface area contributed by atoms with Crippen LogP contribution in [-0.4, -0.2) is 14.5 Å². The molecule has 0 aliphatic heterocycles. The molecule has 0 aliphatic rings. The Labute approximate surface area is 164 Å². The molecule has 1 atom stereocenters. The van der Waals surface area contributed by atoms with E-state index in [2.05, 4.69) is 96.3 Å². The standard InChI is InChI=1S/C25H23N3/c1-3-18-15-26-23-11-10-21(14-22(18)23)28-16-27-24-13-20(9-12-25(24)28)17(2)19-7-5-4-6-8-19/h4-17,26H,3H2,1-2H3. The van der Waals surface area contributed by atoms with Crippen LogP contribution in [0.25, 0.3) is 27.6 Å². The lowest BCUT2D eigenvalue weighted by Gasteiger charge is -2.13. The monoisotopic (exact) mass is 365 g/mol. The number of rotatable bonds is 4. The summed E-state index contributed by atoms with van der Waals surface area (Å²) in [6, 6.07) is 23.8. The highest BCUT2D eigenvalue weighted by atomic mass is 15.0. The van der Waals surface area contributed by atoms with E-state index in [-0.39, 0.29) is 0 Å². The summed E-state index contributed by atoms with van der Waals surface area (Å²) in [7, 11) is 0. The molecular formula is C25H23N3. The molecule has 5 aromatic rings. The van der Waals surface area contributed by atoms with Crippen LogP contribution in [0.2, 0.25) is 0 Å². The molecule has 2 aromatic heterocycles. The fourth-order valence-electron chi connectivity index (χ4n) is 4.05. The van der Waals surface area contributed by atoms with Crippen LogP contribution >= 0.6 is 0 Å². The number of imidazole rings is 1. The molecule has 0 saturated heterocycles. The van der Waals surface area contributed by atoms with E-state index in [1.54, 1.807) is 0 Å². The molecule has 0 spiro atoms. The maximum absolute atomic E-state index is 4.70. The van der Waals surface area contributed by atoms with Crippen molar-refractivity contribution in [3.8, 4) is 5.69 Å². The summed E-state index contributed by atoms with van der Waals surface area (Å²) >= 11 is 0. The van der Waals surface area contributed by atoms with Gasteiger partial charge in [-0.15, -0.1) is 0 Å². The van der Waals surface area contributed by atoms with Gasteiger partial charge >= 0.3 is 0 Å². The first kappa shape index (κ1) is 16.8. The number of aryl methyl sites for hydroxylation is 1. The zero-order valence-corrected chi connectivity index (χ0v) is 16.2. The first-order valence-corrected chi connectivity index (χ1v) is 9.87. The van der Waals surface area contributed by atoms with Gasteiger partial charge in [0.2, 0.25) is 0 Å². The quantitative estimate of drug-likeness (QED) is 0.403. The van der Waals surface area contributed by atoms with Crippen LogP contribution in [0.4, 0.5) is 0 Å². The molecule has 3 nitrogen and oxygen atoms in total. The Bertz CT molecular complexity index is 1260. The average molecular weight is 365 g/mol. The van der Waals surface area contributed by atoms with E-state index in [0.717, 1.165) is 23.1 Å². The first-order chi connectivity index (χ1) is 13.7. The fraction of sp³-hybridized carbons (Fsp3) is 0.160. The number of benzene rings is 3. The third kappa shape index (κ3) is 2.71. The van der Waals surface area contributed by atoms with Gasteiger partial charge in [0.05, 0.1) is 11.0 Å². The zero-order valence-electron chi connectivity index (χ0n) is 16.2. The third-order valence-corrected chi connectivity index (χ3v) is 5.78. The second kappa shape index (κ2) is 6.68. The van der Waals surface area contributed by atoms with Crippen molar-refractivity contribution in [2.75, 3.05) is 0 Å². The van der Waals surface area contributed by atoms with E-state index in [1.165, 1.54) is 27.6 Å². The molecule has 0 aliphatic carbocycles. The van der Waals surface area contributed by atoms with Crippen LogP contribution in [0.5, 0.6) is 0 Å². The van der Waals surface area contributed by atoms with Gasteiger partial charge in [-0.3, -0.25) is 4.57 Å². The van der Waals surface area contributed by atoms with Gasteiger partial charge < -0.3 is 4.98 Å². The van der Waals surface area contributed by atoms with Crippen molar-refractivity contribution in [3.63, 3.8) is 0 Å². The molecule has 28 heavy (non-hydrogen) atoms. The highest BCUT2D eigenvalue weighted by molar-refractivity contribution is 5.86. The predicted octanol–water partition coefficient (Wildman–Crippen LogP) is 6.22. The molecule has 1 unspecified atom stereocenters. The second-order valence-electron chi connectivity index (χ2n) is 7.39. The van der Waals surface area contributed by atoms with E-state index >= 15 is 0 Å². The number of nitrogens with zero attached hydrogens (tertiary/aromatic N) is 2. The SMILES string of the molecule is CCc1c[nH]c2ccc(-n3cnc4cc(C(C)c5ccccc5)ccc43)cc12. The molecule has 0 saturated carbocycles. The molecular weight excluding hydrogens is 342 g/mol. The van der Waals surface area contributed by atoms with Crippen molar-refractivity contribution >= 4 is 21.9 Å². The topological polar surface area (TPSA) is 33.6 Å². The Morgan fingerprint density at radius 1 is 0.964 bits per heavy atom. The Hall–Kier alpha value is -3.33. The van der Waals surface area contributed by atoms with Gasteiger partial charge in [0, 0.05) is 28.7 Å². The molecule has 0 bridgehead atoms. The van der Waals surface area contributed by atoms with Gasteiger partial charge in [-0.1, -0.05) is 50.2 Å². The van der Waals surface area contributed by atoms with E-state index in [9.17, 15) is 0 Å². The van der Waals surface area contributed by atoms with E-state index < -0.39 is 0 Å². The first-order valence-electron chi connectivity index (χ1n) is 9.87. The number of hydrogen-bond donors (Lipinski definition) is 1. The maximum Gasteiger partial charge on any atom is 0.100 e. The second-order valence-corrected chi connectivity index (χ2v) is 7.39. The fourth-order valence-corrected chi connectivity index (χ4v) is 4.05. The summed E-state index contributed by atoms with van der Waals surface area (Å²) in [5.41, 5.74) is 8.46. The molecule has 0 fully saturated rings.